The molecule has 0 radical (unpaired) electrons. The van der Waals surface area contributed by atoms with Crippen LogP contribution in [0, 0.1) is 0 Å². The molecule has 1 aliphatic rings. The number of nitrogens with zero attached hydrogens (tertiary/aromatic N) is 2. The first-order valence-corrected chi connectivity index (χ1v) is 9.72. The molecule has 0 saturated carbocycles. The smallest absolute Gasteiger partial charge is 0.344 e. The summed E-state index contributed by atoms with van der Waals surface area (Å²) in [4.78, 5) is 17.6. The summed E-state index contributed by atoms with van der Waals surface area (Å²) in [7, 11) is 4.99. The molecular weight excluding hydrogens is 392 g/mol. The fourth-order valence-corrected chi connectivity index (χ4v) is 3.78. The average molecular weight is 414 g/mol. The minimum absolute atomic E-state index is 0.0482. The van der Waals surface area contributed by atoms with E-state index in [1.54, 1.807) is 38.3 Å². The highest BCUT2D eigenvalue weighted by Crippen LogP contribution is 2.41. The second kappa shape index (κ2) is 8.91. The Morgan fingerprint density at radius 2 is 2.00 bits per heavy atom. The van der Waals surface area contributed by atoms with Gasteiger partial charge in [-0.15, -0.1) is 0 Å². The second-order valence-electron chi connectivity index (χ2n) is 6.05. The predicted molar refractivity (Wildman–Crippen MR) is 114 cm³/mol. The van der Waals surface area contributed by atoms with Crippen LogP contribution in [0.3, 0.4) is 0 Å². The third kappa shape index (κ3) is 4.32. The van der Waals surface area contributed by atoms with Crippen LogP contribution in [0.2, 0.25) is 0 Å². The Kier molecular flexibility index (Phi) is 6.33. The Balaban J connectivity index is 2.05. The van der Waals surface area contributed by atoms with Crippen LogP contribution in [0.15, 0.2) is 57.8 Å². The number of hydrogen-bond acceptors (Lipinski definition) is 7. The van der Waals surface area contributed by atoms with Crippen molar-refractivity contribution in [1.29, 1.82) is 0 Å². The first kappa shape index (κ1) is 20.6. The van der Waals surface area contributed by atoms with Crippen molar-refractivity contribution in [2.24, 2.45) is 12.0 Å². The van der Waals surface area contributed by atoms with Crippen molar-refractivity contribution < 1.29 is 24.1 Å². The lowest BCUT2D eigenvalue weighted by atomic mass is 10.2. The van der Waals surface area contributed by atoms with Gasteiger partial charge in [-0.1, -0.05) is 11.8 Å². The predicted octanol–water partition coefficient (Wildman–Crippen LogP) is 4.24. The van der Waals surface area contributed by atoms with Crippen LogP contribution < -0.4 is 9.47 Å². The Morgan fingerprint density at radius 3 is 2.62 bits per heavy atom. The van der Waals surface area contributed by atoms with E-state index in [2.05, 4.69) is 4.99 Å². The molecule has 0 bridgehead atoms. The molecule has 0 atom stereocenters. The van der Waals surface area contributed by atoms with Crippen molar-refractivity contribution >= 4 is 34.5 Å². The maximum atomic E-state index is 12.5. The van der Waals surface area contributed by atoms with E-state index in [1.165, 1.54) is 18.9 Å². The van der Waals surface area contributed by atoms with Crippen LogP contribution in [-0.4, -0.2) is 41.5 Å². The number of carbonyl (C=O) groups excluding carboxylic acids is 1. The molecule has 1 aromatic heterocycles. The van der Waals surface area contributed by atoms with E-state index in [4.69, 9.17) is 14.2 Å². The van der Waals surface area contributed by atoms with Crippen molar-refractivity contribution in [3.05, 3.63) is 58.5 Å². The average Bonchev–Trinajstić information content (AvgIpc) is 3.25. The zero-order valence-corrected chi connectivity index (χ0v) is 17.4. The molecule has 2 aromatic rings. The maximum absolute atomic E-state index is 12.5. The van der Waals surface area contributed by atoms with Crippen molar-refractivity contribution in [3.63, 3.8) is 0 Å². The van der Waals surface area contributed by atoms with Gasteiger partial charge in [0.1, 0.15) is 16.4 Å². The normalized spacial score (nSPS) is 16.6. The number of aliphatic hydroxyl groups is 1. The zero-order chi connectivity index (χ0) is 21.0. The van der Waals surface area contributed by atoms with Crippen molar-refractivity contribution in [1.82, 2.24) is 4.57 Å². The molecule has 3 rings (SSSR count). The van der Waals surface area contributed by atoms with Crippen molar-refractivity contribution in [2.45, 2.75) is 6.92 Å². The van der Waals surface area contributed by atoms with Crippen LogP contribution >= 0.6 is 11.8 Å². The van der Waals surface area contributed by atoms with Gasteiger partial charge in [-0.25, -0.2) is 9.79 Å². The molecule has 7 nitrogen and oxygen atoms in total. The number of carbonyl (C=O) groups is 1. The maximum Gasteiger partial charge on any atom is 0.344 e. The SMILES string of the molecule is CCOC(=O)C1=C(O)/C(=C\c2cccn2C)SC1=Nc1ccc(OC)c(OC)c1. The van der Waals surface area contributed by atoms with Crippen LogP contribution in [0.1, 0.15) is 12.6 Å². The summed E-state index contributed by atoms with van der Waals surface area (Å²) in [5.74, 6) is 0.326. The van der Waals surface area contributed by atoms with Gasteiger partial charge in [0.25, 0.3) is 0 Å². The molecule has 0 spiro atoms. The number of methoxy groups -OCH3 is 2. The molecule has 0 aliphatic carbocycles. The van der Waals surface area contributed by atoms with E-state index in [-0.39, 0.29) is 17.9 Å². The minimum Gasteiger partial charge on any atom is -0.506 e. The number of aliphatic hydroxyl groups excluding tert-OH is 1. The topological polar surface area (TPSA) is 82.3 Å². The largest absolute Gasteiger partial charge is 0.506 e. The lowest BCUT2D eigenvalue weighted by Gasteiger charge is -2.08. The quantitative estimate of drug-likeness (QED) is 0.712. The number of aryl methyl sites for hydroxylation is 1. The summed E-state index contributed by atoms with van der Waals surface area (Å²) in [6.07, 6.45) is 3.70. The van der Waals surface area contributed by atoms with Crippen molar-refractivity contribution in [2.75, 3.05) is 20.8 Å². The number of esters is 1. The van der Waals surface area contributed by atoms with Gasteiger partial charge in [-0.3, -0.25) is 0 Å². The molecule has 152 valence electrons. The van der Waals surface area contributed by atoms with Gasteiger partial charge >= 0.3 is 5.97 Å². The lowest BCUT2D eigenvalue weighted by molar-refractivity contribution is -0.138. The summed E-state index contributed by atoms with van der Waals surface area (Å²) in [6, 6.07) is 8.98. The summed E-state index contributed by atoms with van der Waals surface area (Å²) < 4.78 is 17.6. The number of thioether (sulfide) groups is 1. The fraction of sp³-hybridized carbons (Fsp3) is 0.238. The monoisotopic (exact) mass is 414 g/mol. The van der Waals surface area contributed by atoms with Gasteiger partial charge in [0.2, 0.25) is 0 Å². The van der Waals surface area contributed by atoms with Crippen molar-refractivity contribution in [3.8, 4) is 11.5 Å². The highest BCUT2D eigenvalue weighted by Gasteiger charge is 2.33. The first-order valence-electron chi connectivity index (χ1n) is 8.91. The van der Waals surface area contributed by atoms with E-state index in [0.29, 0.717) is 27.1 Å². The van der Waals surface area contributed by atoms with Crippen LogP contribution in [0.5, 0.6) is 11.5 Å². The number of aliphatic imine (C=N–C) groups is 1. The lowest BCUT2D eigenvalue weighted by Crippen LogP contribution is -2.12. The second-order valence-corrected chi connectivity index (χ2v) is 7.09. The highest BCUT2D eigenvalue weighted by molar-refractivity contribution is 8.18. The first-order chi connectivity index (χ1) is 14.0. The van der Waals surface area contributed by atoms with E-state index in [1.807, 2.05) is 29.9 Å². The molecule has 2 heterocycles. The number of ether oxygens (including phenoxy) is 3. The third-order valence-electron chi connectivity index (χ3n) is 4.23. The number of rotatable bonds is 6. The molecule has 1 aromatic carbocycles. The molecule has 1 N–H and O–H groups in total. The zero-order valence-electron chi connectivity index (χ0n) is 16.6. The fourth-order valence-electron chi connectivity index (χ4n) is 2.76. The van der Waals surface area contributed by atoms with Crippen LogP contribution in [0.4, 0.5) is 5.69 Å². The Labute approximate surface area is 173 Å². The summed E-state index contributed by atoms with van der Waals surface area (Å²) in [6.45, 7) is 1.91. The summed E-state index contributed by atoms with van der Waals surface area (Å²) in [5.41, 5.74) is 1.49. The Morgan fingerprint density at radius 1 is 1.24 bits per heavy atom. The molecule has 0 fully saturated rings. The van der Waals surface area contributed by atoms with Gasteiger partial charge in [0, 0.05) is 25.0 Å². The molecule has 0 unspecified atom stereocenters. The Hall–Kier alpha value is -3.13. The van der Waals surface area contributed by atoms with Crippen LogP contribution in [-0.2, 0) is 16.6 Å². The Bertz CT molecular complexity index is 1020. The van der Waals surface area contributed by atoms with Crippen LogP contribution in [0.25, 0.3) is 6.08 Å². The van der Waals surface area contributed by atoms with Gasteiger partial charge < -0.3 is 23.9 Å². The molecular formula is C21H22N2O5S. The highest BCUT2D eigenvalue weighted by atomic mass is 32.2. The molecule has 0 saturated heterocycles. The number of benzene rings is 1. The van der Waals surface area contributed by atoms with E-state index < -0.39 is 5.97 Å². The van der Waals surface area contributed by atoms with E-state index in [9.17, 15) is 9.90 Å². The van der Waals surface area contributed by atoms with Gasteiger partial charge in [-0.2, -0.15) is 0 Å². The summed E-state index contributed by atoms with van der Waals surface area (Å²) in [5, 5.41) is 11.1. The van der Waals surface area contributed by atoms with Gasteiger partial charge in [0.05, 0.1) is 31.4 Å². The number of aromatic nitrogens is 1. The minimum atomic E-state index is -0.619. The third-order valence-corrected chi connectivity index (χ3v) is 5.25. The van der Waals surface area contributed by atoms with E-state index >= 15 is 0 Å². The molecule has 8 heteroatoms. The molecule has 0 amide bonds. The molecule has 1 aliphatic heterocycles. The van der Waals surface area contributed by atoms with E-state index in [0.717, 1.165) is 5.69 Å². The van der Waals surface area contributed by atoms with Gasteiger partial charge in [-0.05, 0) is 37.3 Å². The summed E-state index contributed by atoms with van der Waals surface area (Å²) >= 11 is 1.21. The molecule has 29 heavy (non-hydrogen) atoms. The van der Waals surface area contributed by atoms with Gasteiger partial charge in [0.15, 0.2) is 11.5 Å². The number of hydrogen-bond donors (Lipinski definition) is 1. The standard InChI is InChI=1S/C21H22N2O5S/c1-5-28-21(25)18-19(24)17(12-14-7-6-10-23(14)2)29-20(18)22-13-8-9-15(26-3)16(11-13)27-4/h6-12,24H,5H2,1-4H3/b17-12+,22-20?.